The first-order valence-corrected chi connectivity index (χ1v) is 6.96. The van der Waals surface area contributed by atoms with E-state index in [9.17, 15) is 5.11 Å². The lowest BCUT2D eigenvalue weighted by Crippen LogP contribution is -2.13. The zero-order chi connectivity index (χ0) is 15.2. The number of pyridine rings is 1. The summed E-state index contributed by atoms with van der Waals surface area (Å²) in [6.07, 6.45) is 1.76. The number of rotatable bonds is 6. The Morgan fingerprint density at radius 1 is 1.10 bits per heavy atom. The van der Waals surface area contributed by atoms with Gasteiger partial charge in [-0.3, -0.25) is 4.98 Å². The lowest BCUT2D eigenvalue weighted by atomic mass is 9.93. The fourth-order valence-electron chi connectivity index (χ4n) is 2.39. The number of methoxy groups -OCH3 is 2. The Labute approximate surface area is 125 Å². The first-order valence-electron chi connectivity index (χ1n) is 6.96. The molecule has 1 N–H and O–H groups in total. The summed E-state index contributed by atoms with van der Waals surface area (Å²) in [6, 6.07) is 11.4. The molecule has 112 valence electrons. The zero-order valence-electron chi connectivity index (χ0n) is 12.6. The molecule has 0 bridgehead atoms. The van der Waals surface area contributed by atoms with Crippen molar-refractivity contribution in [2.45, 2.75) is 19.4 Å². The van der Waals surface area contributed by atoms with Gasteiger partial charge in [-0.1, -0.05) is 37.3 Å². The maximum absolute atomic E-state index is 10.4. The molecule has 0 radical (unpaired) electrons. The van der Waals surface area contributed by atoms with Crippen LogP contribution in [0.5, 0.6) is 11.5 Å². The van der Waals surface area contributed by atoms with E-state index in [2.05, 4.69) is 4.98 Å². The third kappa shape index (κ3) is 3.52. The van der Waals surface area contributed by atoms with Gasteiger partial charge in [-0.25, -0.2) is 0 Å². The van der Waals surface area contributed by atoms with Gasteiger partial charge in [0.1, 0.15) is 0 Å². The molecule has 0 spiro atoms. The van der Waals surface area contributed by atoms with Gasteiger partial charge in [-0.15, -0.1) is 0 Å². The van der Waals surface area contributed by atoms with E-state index in [4.69, 9.17) is 9.47 Å². The van der Waals surface area contributed by atoms with Crippen LogP contribution in [-0.2, 0) is 6.42 Å². The van der Waals surface area contributed by atoms with Crippen molar-refractivity contribution in [2.75, 3.05) is 14.2 Å². The topological polar surface area (TPSA) is 51.6 Å². The summed E-state index contributed by atoms with van der Waals surface area (Å²) in [7, 11) is 3.20. The number of benzene rings is 1. The predicted octanol–water partition coefficient (Wildman–Crippen LogP) is 3.01. The number of ether oxygens (including phenoxy) is 2. The van der Waals surface area contributed by atoms with Crippen molar-refractivity contribution in [3.05, 3.63) is 53.9 Å². The number of nitrogens with zero attached hydrogens (tertiary/aromatic N) is 1. The lowest BCUT2D eigenvalue weighted by Gasteiger charge is -2.20. The molecular formula is C17H21NO3. The maximum atomic E-state index is 10.4. The third-order valence-electron chi connectivity index (χ3n) is 3.56. The molecule has 0 fully saturated rings. The van der Waals surface area contributed by atoms with E-state index < -0.39 is 6.10 Å². The first-order chi connectivity index (χ1) is 10.2. The standard InChI is InChI=1S/C17H21NO3/c1-12(16(19)13-7-5-4-6-8-13)11-14-17(21-3)15(20-2)9-10-18-14/h4-10,12,16,19H,11H2,1-3H3. The summed E-state index contributed by atoms with van der Waals surface area (Å²) in [5.41, 5.74) is 1.70. The molecule has 0 amide bonds. The molecule has 1 aromatic carbocycles. The number of aliphatic hydroxyl groups excluding tert-OH is 1. The monoisotopic (exact) mass is 287 g/mol. The fraction of sp³-hybridized carbons (Fsp3) is 0.353. The highest BCUT2D eigenvalue weighted by molar-refractivity contribution is 5.42. The Hall–Kier alpha value is -2.07. The average Bonchev–Trinajstić information content (AvgIpc) is 2.54. The fourth-order valence-corrected chi connectivity index (χ4v) is 2.39. The summed E-state index contributed by atoms with van der Waals surface area (Å²) < 4.78 is 10.7. The minimum absolute atomic E-state index is 0.0147. The van der Waals surface area contributed by atoms with Crippen LogP contribution >= 0.6 is 0 Å². The van der Waals surface area contributed by atoms with Gasteiger partial charge in [0.2, 0.25) is 0 Å². The molecule has 2 rings (SSSR count). The molecule has 0 aliphatic carbocycles. The van der Waals surface area contributed by atoms with Crippen LogP contribution in [0.15, 0.2) is 42.6 Å². The van der Waals surface area contributed by atoms with E-state index >= 15 is 0 Å². The van der Waals surface area contributed by atoms with Crippen molar-refractivity contribution < 1.29 is 14.6 Å². The van der Waals surface area contributed by atoms with Gasteiger partial charge in [-0.2, -0.15) is 0 Å². The highest BCUT2D eigenvalue weighted by Crippen LogP contribution is 2.33. The van der Waals surface area contributed by atoms with Crippen molar-refractivity contribution in [1.29, 1.82) is 0 Å². The van der Waals surface area contributed by atoms with Gasteiger partial charge >= 0.3 is 0 Å². The van der Waals surface area contributed by atoms with E-state index in [0.717, 1.165) is 11.3 Å². The molecule has 0 aliphatic heterocycles. The second-order valence-electron chi connectivity index (χ2n) is 5.03. The van der Waals surface area contributed by atoms with Crippen molar-refractivity contribution in [1.82, 2.24) is 4.98 Å². The Kier molecular flexibility index (Phi) is 5.17. The van der Waals surface area contributed by atoms with Crippen LogP contribution < -0.4 is 9.47 Å². The number of hydrogen-bond donors (Lipinski definition) is 1. The SMILES string of the molecule is COc1ccnc(CC(C)C(O)c2ccccc2)c1OC. The van der Waals surface area contributed by atoms with Crippen LogP contribution in [0.3, 0.4) is 0 Å². The summed E-state index contributed by atoms with van der Waals surface area (Å²) in [5, 5.41) is 10.4. The minimum Gasteiger partial charge on any atom is -0.493 e. The summed E-state index contributed by atoms with van der Waals surface area (Å²) in [5.74, 6) is 1.30. The van der Waals surface area contributed by atoms with Crippen LogP contribution in [-0.4, -0.2) is 24.3 Å². The van der Waals surface area contributed by atoms with Crippen LogP contribution in [0.25, 0.3) is 0 Å². The minimum atomic E-state index is -0.538. The smallest absolute Gasteiger partial charge is 0.182 e. The van der Waals surface area contributed by atoms with Gasteiger partial charge in [0.05, 0.1) is 26.0 Å². The first kappa shape index (κ1) is 15.3. The van der Waals surface area contributed by atoms with Gasteiger partial charge < -0.3 is 14.6 Å². The van der Waals surface area contributed by atoms with Crippen molar-refractivity contribution >= 4 is 0 Å². The number of hydrogen-bond acceptors (Lipinski definition) is 4. The van der Waals surface area contributed by atoms with E-state index in [-0.39, 0.29) is 5.92 Å². The van der Waals surface area contributed by atoms with Gasteiger partial charge in [0, 0.05) is 12.3 Å². The molecule has 0 saturated heterocycles. The van der Waals surface area contributed by atoms with Crippen LogP contribution in [0.1, 0.15) is 24.3 Å². The third-order valence-corrected chi connectivity index (χ3v) is 3.56. The molecule has 2 atom stereocenters. The van der Waals surface area contributed by atoms with Gasteiger partial charge in [-0.05, 0) is 17.9 Å². The van der Waals surface area contributed by atoms with E-state index in [1.165, 1.54) is 0 Å². The van der Waals surface area contributed by atoms with E-state index in [1.807, 2.05) is 37.3 Å². The van der Waals surface area contributed by atoms with Crippen LogP contribution in [0.2, 0.25) is 0 Å². The average molecular weight is 287 g/mol. The molecule has 0 aliphatic rings. The van der Waals surface area contributed by atoms with Crippen molar-refractivity contribution in [3.8, 4) is 11.5 Å². The highest BCUT2D eigenvalue weighted by atomic mass is 16.5. The Morgan fingerprint density at radius 2 is 1.81 bits per heavy atom. The molecule has 21 heavy (non-hydrogen) atoms. The maximum Gasteiger partial charge on any atom is 0.182 e. The molecule has 2 unspecified atom stereocenters. The Bertz CT molecular complexity index is 572. The van der Waals surface area contributed by atoms with E-state index in [1.54, 1.807) is 26.5 Å². The molecule has 2 aromatic rings. The molecule has 1 heterocycles. The second-order valence-corrected chi connectivity index (χ2v) is 5.03. The second kappa shape index (κ2) is 7.09. The number of aromatic nitrogens is 1. The Balaban J connectivity index is 2.18. The molecule has 4 heteroatoms. The lowest BCUT2D eigenvalue weighted by molar-refractivity contribution is 0.116. The van der Waals surface area contributed by atoms with Crippen molar-refractivity contribution in [3.63, 3.8) is 0 Å². The largest absolute Gasteiger partial charge is 0.493 e. The van der Waals surface area contributed by atoms with Crippen LogP contribution in [0.4, 0.5) is 0 Å². The zero-order valence-corrected chi connectivity index (χ0v) is 12.6. The number of aliphatic hydroxyl groups is 1. The summed E-state index contributed by atoms with van der Waals surface area (Å²) in [4.78, 5) is 4.36. The quantitative estimate of drug-likeness (QED) is 0.887. The molecule has 4 nitrogen and oxygen atoms in total. The molecule has 0 saturated carbocycles. The molecular weight excluding hydrogens is 266 g/mol. The predicted molar refractivity (Wildman–Crippen MR) is 81.6 cm³/mol. The Morgan fingerprint density at radius 3 is 2.43 bits per heavy atom. The van der Waals surface area contributed by atoms with Crippen molar-refractivity contribution in [2.24, 2.45) is 5.92 Å². The highest BCUT2D eigenvalue weighted by Gasteiger charge is 2.20. The van der Waals surface area contributed by atoms with E-state index in [0.29, 0.717) is 17.9 Å². The van der Waals surface area contributed by atoms with Crippen LogP contribution in [0, 0.1) is 5.92 Å². The normalized spacial score (nSPS) is 13.5. The van der Waals surface area contributed by atoms with Gasteiger partial charge in [0.25, 0.3) is 0 Å². The summed E-state index contributed by atoms with van der Waals surface area (Å²) >= 11 is 0. The summed E-state index contributed by atoms with van der Waals surface area (Å²) in [6.45, 7) is 2.00. The molecule has 1 aromatic heterocycles. The van der Waals surface area contributed by atoms with Gasteiger partial charge in [0.15, 0.2) is 11.5 Å².